The summed E-state index contributed by atoms with van der Waals surface area (Å²) in [4.78, 5) is 14.2. The number of ether oxygens (including phenoxy) is 1. The van der Waals surface area contributed by atoms with E-state index in [0.29, 0.717) is 17.9 Å². The highest BCUT2D eigenvalue weighted by Gasteiger charge is 2.21. The van der Waals surface area contributed by atoms with E-state index in [0.717, 1.165) is 31.5 Å². The summed E-state index contributed by atoms with van der Waals surface area (Å²) in [6.45, 7) is 8.03. The van der Waals surface area contributed by atoms with Gasteiger partial charge in [-0.2, -0.15) is 0 Å². The third kappa shape index (κ3) is 4.23. The molecular formula is C16H24N2O2. The Bertz CT molecular complexity index is 434. The Kier molecular flexibility index (Phi) is 5.01. The number of benzene rings is 1. The molecule has 4 nitrogen and oxygen atoms in total. The fraction of sp³-hybridized carbons (Fsp3) is 0.562. The Morgan fingerprint density at radius 3 is 2.45 bits per heavy atom. The first-order valence-electron chi connectivity index (χ1n) is 7.29. The maximum Gasteiger partial charge on any atom is 0.338 e. The van der Waals surface area contributed by atoms with Crippen LogP contribution in [-0.2, 0) is 4.74 Å². The number of piperidine rings is 1. The molecule has 0 radical (unpaired) electrons. The van der Waals surface area contributed by atoms with Gasteiger partial charge in [0.2, 0.25) is 0 Å². The number of nitrogens with two attached hydrogens (primary N) is 1. The highest BCUT2D eigenvalue weighted by molar-refractivity contribution is 5.89. The van der Waals surface area contributed by atoms with Crippen LogP contribution in [0.15, 0.2) is 24.3 Å². The van der Waals surface area contributed by atoms with Gasteiger partial charge in [0.15, 0.2) is 0 Å². The zero-order valence-corrected chi connectivity index (χ0v) is 12.3. The summed E-state index contributed by atoms with van der Waals surface area (Å²) in [5.41, 5.74) is 6.80. The second-order valence-electron chi connectivity index (χ2n) is 5.96. The van der Waals surface area contributed by atoms with Gasteiger partial charge in [-0.3, -0.25) is 4.90 Å². The molecule has 1 heterocycles. The quantitative estimate of drug-likeness (QED) is 0.678. The maximum absolute atomic E-state index is 11.8. The molecule has 2 unspecified atom stereocenters. The van der Waals surface area contributed by atoms with Crippen molar-refractivity contribution in [1.29, 1.82) is 0 Å². The molecule has 0 aromatic heterocycles. The Morgan fingerprint density at radius 1 is 1.25 bits per heavy atom. The van der Waals surface area contributed by atoms with Crippen molar-refractivity contribution in [2.75, 3.05) is 32.0 Å². The Labute approximate surface area is 120 Å². The monoisotopic (exact) mass is 276 g/mol. The molecule has 0 bridgehead atoms. The largest absolute Gasteiger partial charge is 0.461 e. The minimum absolute atomic E-state index is 0.275. The van der Waals surface area contributed by atoms with Gasteiger partial charge >= 0.3 is 5.97 Å². The van der Waals surface area contributed by atoms with Gasteiger partial charge in [0.25, 0.3) is 0 Å². The summed E-state index contributed by atoms with van der Waals surface area (Å²) < 4.78 is 5.32. The van der Waals surface area contributed by atoms with Crippen LogP contribution in [0.4, 0.5) is 5.69 Å². The predicted molar refractivity (Wildman–Crippen MR) is 80.5 cm³/mol. The van der Waals surface area contributed by atoms with Crippen LogP contribution in [0.25, 0.3) is 0 Å². The second kappa shape index (κ2) is 6.75. The zero-order valence-electron chi connectivity index (χ0n) is 12.3. The van der Waals surface area contributed by atoms with Crippen LogP contribution in [0.5, 0.6) is 0 Å². The number of nitrogens with zero attached hydrogens (tertiary/aromatic N) is 1. The SMILES string of the molecule is CC1CC(C)CN(CCOC(=O)c2ccc(N)cc2)C1. The van der Waals surface area contributed by atoms with Crippen molar-refractivity contribution in [2.24, 2.45) is 11.8 Å². The number of likely N-dealkylation sites (tertiary alicyclic amines) is 1. The number of hydrogen-bond donors (Lipinski definition) is 1. The number of carbonyl (C=O) groups excluding carboxylic acids is 1. The van der Waals surface area contributed by atoms with Gasteiger partial charge in [-0.1, -0.05) is 13.8 Å². The van der Waals surface area contributed by atoms with Gasteiger partial charge in [-0.25, -0.2) is 4.79 Å². The first-order valence-corrected chi connectivity index (χ1v) is 7.29. The van der Waals surface area contributed by atoms with Crippen LogP contribution in [0.3, 0.4) is 0 Å². The van der Waals surface area contributed by atoms with Crippen LogP contribution in [0.1, 0.15) is 30.6 Å². The minimum atomic E-state index is -0.275. The van der Waals surface area contributed by atoms with Gasteiger partial charge in [-0.05, 0) is 42.5 Å². The molecule has 2 N–H and O–H groups in total. The molecule has 0 amide bonds. The molecule has 0 saturated carbocycles. The summed E-state index contributed by atoms with van der Waals surface area (Å²) in [5, 5.41) is 0. The van der Waals surface area contributed by atoms with E-state index in [9.17, 15) is 4.79 Å². The first-order chi connectivity index (χ1) is 9.54. The second-order valence-corrected chi connectivity index (χ2v) is 5.96. The number of carbonyl (C=O) groups is 1. The molecule has 1 aliphatic rings. The van der Waals surface area contributed by atoms with Crippen LogP contribution >= 0.6 is 0 Å². The topological polar surface area (TPSA) is 55.6 Å². The highest BCUT2D eigenvalue weighted by Crippen LogP contribution is 2.20. The fourth-order valence-corrected chi connectivity index (χ4v) is 2.94. The molecule has 0 spiro atoms. The average molecular weight is 276 g/mol. The molecule has 1 fully saturated rings. The summed E-state index contributed by atoms with van der Waals surface area (Å²) in [6.07, 6.45) is 1.29. The Morgan fingerprint density at radius 2 is 1.85 bits per heavy atom. The van der Waals surface area contributed by atoms with E-state index in [4.69, 9.17) is 10.5 Å². The van der Waals surface area contributed by atoms with E-state index in [-0.39, 0.29) is 5.97 Å². The molecule has 1 saturated heterocycles. The van der Waals surface area contributed by atoms with Crippen molar-refractivity contribution in [3.05, 3.63) is 29.8 Å². The van der Waals surface area contributed by atoms with Crippen LogP contribution in [-0.4, -0.2) is 37.1 Å². The average Bonchev–Trinajstić information content (AvgIpc) is 2.38. The van der Waals surface area contributed by atoms with Crippen molar-refractivity contribution in [1.82, 2.24) is 4.90 Å². The lowest BCUT2D eigenvalue weighted by Gasteiger charge is -2.34. The molecule has 110 valence electrons. The third-order valence-electron chi connectivity index (χ3n) is 3.73. The first kappa shape index (κ1) is 14.9. The maximum atomic E-state index is 11.8. The lowest BCUT2D eigenvalue weighted by atomic mass is 9.92. The normalized spacial score (nSPS) is 23.5. The standard InChI is InChI=1S/C16H24N2O2/c1-12-9-13(2)11-18(10-12)7-8-20-16(19)14-3-5-15(17)6-4-14/h3-6,12-13H,7-11,17H2,1-2H3. The van der Waals surface area contributed by atoms with Crippen LogP contribution in [0.2, 0.25) is 0 Å². The lowest BCUT2D eigenvalue weighted by Crippen LogP contribution is -2.40. The molecule has 2 atom stereocenters. The van der Waals surface area contributed by atoms with Crippen molar-refractivity contribution < 1.29 is 9.53 Å². The fourth-order valence-electron chi connectivity index (χ4n) is 2.94. The summed E-state index contributed by atoms with van der Waals surface area (Å²) in [7, 11) is 0. The van der Waals surface area contributed by atoms with Crippen LogP contribution in [0, 0.1) is 11.8 Å². The van der Waals surface area contributed by atoms with E-state index < -0.39 is 0 Å². The third-order valence-corrected chi connectivity index (χ3v) is 3.73. The number of hydrogen-bond acceptors (Lipinski definition) is 4. The number of anilines is 1. The molecule has 1 aromatic rings. The molecule has 0 aliphatic carbocycles. The summed E-state index contributed by atoms with van der Waals surface area (Å²) in [6, 6.07) is 6.82. The van der Waals surface area contributed by atoms with Gasteiger partial charge in [0.05, 0.1) is 5.56 Å². The van der Waals surface area contributed by atoms with E-state index in [1.807, 2.05) is 0 Å². The van der Waals surface area contributed by atoms with E-state index in [1.54, 1.807) is 24.3 Å². The number of rotatable bonds is 4. The molecule has 1 aromatic carbocycles. The molecule has 2 rings (SSSR count). The Hall–Kier alpha value is -1.55. The minimum Gasteiger partial charge on any atom is -0.461 e. The lowest BCUT2D eigenvalue weighted by molar-refractivity contribution is 0.0416. The molecule has 20 heavy (non-hydrogen) atoms. The van der Waals surface area contributed by atoms with Crippen molar-refractivity contribution in [2.45, 2.75) is 20.3 Å². The van der Waals surface area contributed by atoms with Crippen molar-refractivity contribution in [3.8, 4) is 0 Å². The number of nitrogen functional groups attached to an aromatic ring is 1. The highest BCUT2D eigenvalue weighted by atomic mass is 16.5. The van der Waals surface area contributed by atoms with Crippen molar-refractivity contribution >= 4 is 11.7 Å². The van der Waals surface area contributed by atoms with Gasteiger partial charge < -0.3 is 10.5 Å². The van der Waals surface area contributed by atoms with Gasteiger partial charge in [-0.15, -0.1) is 0 Å². The zero-order chi connectivity index (χ0) is 14.5. The predicted octanol–water partition coefficient (Wildman–Crippen LogP) is 2.40. The smallest absolute Gasteiger partial charge is 0.338 e. The van der Waals surface area contributed by atoms with Crippen LogP contribution < -0.4 is 5.73 Å². The molecular weight excluding hydrogens is 252 g/mol. The molecule has 4 heteroatoms. The Balaban J connectivity index is 1.75. The van der Waals surface area contributed by atoms with E-state index in [1.165, 1.54) is 6.42 Å². The van der Waals surface area contributed by atoms with E-state index in [2.05, 4.69) is 18.7 Å². The summed E-state index contributed by atoms with van der Waals surface area (Å²) in [5.74, 6) is 1.18. The number of esters is 1. The van der Waals surface area contributed by atoms with E-state index >= 15 is 0 Å². The van der Waals surface area contributed by atoms with Gasteiger partial charge in [0.1, 0.15) is 6.61 Å². The van der Waals surface area contributed by atoms with Crippen molar-refractivity contribution in [3.63, 3.8) is 0 Å². The molecule has 1 aliphatic heterocycles. The van der Waals surface area contributed by atoms with Gasteiger partial charge in [0, 0.05) is 25.3 Å². The summed E-state index contributed by atoms with van der Waals surface area (Å²) >= 11 is 0.